The van der Waals surface area contributed by atoms with Crippen molar-refractivity contribution in [1.29, 1.82) is 0 Å². The molecule has 2 aromatic rings. The van der Waals surface area contributed by atoms with E-state index in [2.05, 4.69) is 10.3 Å². The molecule has 2 heterocycles. The first-order chi connectivity index (χ1) is 13.0. The van der Waals surface area contributed by atoms with E-state index < -0.39 is 6.10 Å². The number of nitrogens with zero attached hydrogens (tertiary/aromatic N) is 2. The molecule has 0 saturated heterocycles. The topological polar surface area (TPSA) is 107 Å². The molecule has 142 valence electrons. The van der Waals surface area contributed by atoms with Gasteiger partial charge in [0.2, 0.25) is 5.91 Å². The van der Waals surface area contributed by atoms with E-state index in [-0.39, 0.29) is 30.0 Å². The molecule has 3 rings (SSSR count). The van der Waals surface area contributed by atoms with E-state index in [4.69, 9.17) is 15.2 Å². The van der Waals surface area contributed by atoms with Crippen molar-refractivity contribution in [1.82, 2.24) is 4.98 Å². The molecule has 1 aliphatic rings. The van der Waals surface area contributed by atoms with Gasteiger partial charge < -0.3 is 20.5 Å². The maximum atomic E-state index is 12.7. The van der Waals surface area contributed by atoms with Crippen LogP contribution in [0, 0.1) is 0 Å². The zero-order valence-corrected chi connectivity index (χ0v) is 15.3. The maximum absolute atomic E-state index is 12.7. The second-order valence-electron chi connectivity index (χ2n) is 5.97. The zero-order valence-electron chi connectivity index (χ0n) is 15.3. The molecule has 0 bridgehead atoms. The van der Waals surface area contributed by atoms with Crippen molar-refractivity contribution < 1.29 is 19.1 Å². The molecule has 0 radical (unpaired) electrons. The van der Waals surface area contributed by atoms with Gasteiger partial charge in [-0.25, -0.2) is 4.98 Å². The SMILES string of the molecule is CCOc1ccccc1NC(=O)CN1C(=O)C(CC)Oc2ccc(N)nc21. The number of pyridine rings is 1. The summed E-state index contributed by atoms with van der Waals surface area (Å²) in [6.07, 6.45) is -0.181. The van der Waals surface area contributed by atoms with Gasteiger partial charge in [-0.15, -0.1) is 0 Å². The first-order valence-electron chi connectivity index (χ1n) is 8.79. The third kappa shape index (κ3) is 3.94. The standard InChI is InChI=1S/C19H22N4O4/c1-3-13-19(25)23(18-15(27-13)9-10-16(20)22-18)11-17(24)21-12-7-5-6-8-14(12)26-4-2/h5-10,13H,3-4,11H2,1-2H3,(H2,20,22)(H,21,24). The minimum absolute atomic E-state index is 0.206. The highest BCUT2D eigenvalue weighted by Gasteiger charge is 2.35. The van der Waals surface area contributed by atoms with Crippen LogP contribution in [-0.2, 0) is 9.59 Å². The second kappa shape index (κ2) is 7.94. The van der Waals surface area contributed by atoms with E-state index >= 15 is 0 Å². The fraction of sp³-hybridized carbons (Fsp3) is 0.316. The van der Waals surface area contributed by atoms with Gasteiger partial charge in [-0.2, -0.15) is 0 Å². The molecule has 0 spiro atoms. The Kier molecular flexibility index (Phi) is 5.44. The summed E-state index contributed by atoms with van der Waals surface area (Å²) >= 11 is 0. The minimum Gasteiger partial charge on any atom is -0.492 e. The van der Waals surface area contributed by atoms with Crippen LogP contribution in [0.15, 0.2) is 36.4 Å². The number of benzene rings is 1. The van der Waals surface area contributed by atoms with E-state index in [0.717, 1.165) is 0 Å². The van der Waals surface area contributed by atoms with Crippen LogP contribution in [0.1, 0.15) is 20.3 Å². The summed E-state index contributed by atoms with van der Waals surface area (Å²) in [7, 11) is 0. The molecule has 1 atom stereocenters. The summed E-state index contributed by atoms with van der Waals surface area (Å²) in [6.45, 7) is 3.98. The van der Waals surface area contributed by atoms with E-state index in [9.17, 15) is 9.59 Å². The third-order valence-corrected chi connectivity index (χ3v) is 4.06. The Morgan fingerprint density at radius 1 is 1.30 bits per heavy atom. The number of hydrogen-bond acceptors (Lipinski definition) is 6. The molecule has 3 N–H and O–H groups in total. The van der Waals surface area contributed by atoms with Gasteiger partial charge in [-0.3, -0.25) is 14.5 Å². The van der Waals surface area contributed by atoms with Crippen molar-refractivity contribution in [3.8, 4) is 11.5 Å². The number of nitrogens with two attached hydrogens (primary N) is 1. The molecule has 0 fully saturated rings. The van der Waals surface area contributed by atoms with Crippen molar-refractivity contribution in [2.24, 2.45) is 0 Å². The summed E-state index contributed by atoms with van der Waals surface area (Å²) in [5.41, 5.74) is 6.28. The number of amides is 2. The smallest absolute Gasteiger partial charge is 0.269 e. The van der Waals surface area contributed by atoms with Crippen molar-refractivity contribution >= 4 is 29.1 Å². The fourth-order valence-corrected chi connectivity index (χ4v) is 2.81. The Hall–Kier alpha value is -3.29. The molecule has 0 saturated carbocycles. The first-order valence-corrected chi connectivity index (χ1v) is 8.79. The van der Waals surface area contributed by atoms with E-state index in [1.807, 2.05) is 19.9 Å². The fourth-order valence-electron chi connectivity index (χ4n) is 2.81. The molecule has 8 heteroatoms. The average molecular weight is 370 g/mol. The van der Waals surface area contributed by atoms with Gasteiger partial charge in [0, 0.05) is 0 Å². The maximum Gasteiger partial charge on any atom is 0.269 e. The van der Waals surface area contributed by atoms with Gasteiger partial charge in [0.15, 0.2) is 17.7 Å². The van der Waals surface area contributed by atoms with Crippen LogP contribution in [0.3, 0.4) is 0 Å². The number of rotatable bonds is 6. The number of nitrogen functional groups attached to an aromatic ring is 1. The monoisotopic (exact) mass is 370 g/mol. The lowest BCUT2D eigenvalue weighted by atomic mass is 10.2. The molecule has 27 heavy (non-hydrogen) atoms. The van der Waals surface area contributed by atoms with Crippen molar-refractivity contribution in [2.45, 2.75) is 26.4 Å². The van der Waals surface area contributed by atoms with Crippen molar-refractivity contribution in [2.75, 3.05) is 29.1 Å². The molecule has 1 unspecified atom stereocenters. The number of nitrogens with one attached hydrogen (secondary N) is 1. The van der Waals surface area contributed by atoms with Crippen molar-refractivity contribution in [3.63, 3.8) is 0 Å². The van der Waals surface area contributed by atoms with Gasteiger partial charge in [-0.1, -0.05) is 19.1 Å². The van der Waals surface area contributed by atoms with Crippen LogP contribution in [-0.4, -0.2) is 36.1 Å². The van der Waals surface area contributed by atoms with Gasteiger partial charge >= 0.3 is 0 Å². The normalized spacial score (nSPS) is 15.7. The quantitative estimate of drug-likeness (QED) is 0.807. The molecule has 8 nitrogen and oxygen atoms in total. The third-order valence-electron chi connectivity index (χ3n) is 4.06. The summed E-state index contributed by atoms with van der Waals surface area (Å²) < 4.78 is 11.2. The molecule has 2 amide bonds. The van der Waals surface area contributed by atoms with Crippen molar-refractivity contribution in [3.05, 3.63) is 36.4 Å². The number of carbonyl (C=O) groups excluding carboxylic acids is 2. The van der Waals surface area contributed by atoms with E-state index in [1.165, 1.54) is 4.90 Å². The van der Waals surface area contributed by atoms with Gasteiger partial charge in [0.1, 0.15) is 18.1 Å². The number of aromatic nitrogens is 1. The number of hydrogen-bond donors (Lipinski definition) is 2. The highest BCUT2D eigenvalue weighted by Crippen LogP contribution is 2.33. The number of anilines is 3. The van der Waals surface area contributed by atoms with Gasteiger partial charge in [0.25, 0.3) is 5.91 Å². The lowest BCUT2D eigenvalue weighted by Gasteiger charge is -2.32. The number of ether oxygens (including phenoxy) is 2. The predicted octanol–water partition coefficient (Wildman–Crippen LogP) is 2.21. The summed E-state index contributed by atoms with van der Waals surface area (Å²) in [4.78, 5) is 30.8. The first kappa shape index (κ1) is 18.5. The highest BCUT2D eigenvalue weighted by molar-refractivity contribution is 6.06. The molecule has 1 aliphatic heterocycles. The number of para-hydroxylation sites is 2. The van der Waals surface area contributed by atoms with E-state index in [0.29, 0.717) is 30.2 Å². The molecular weight excluding hydrogens is 348 g/mol. The number of fused-ring (bicyclic) bond motifs is 1. The Bertz CT molecular complexity index is 855. The predicted molar refractivity (Wildman–Crippen MR) is 102 cm³/mol. The van der Waals surface area contributed by atoms with Gasteiger partial charge in [0.05, 0.1) is 12.3 Å². The van der Waals surface area contributed by atoms with Crippen LogP contribution in [0.25, 0.3) is 0 Å². The lowest BCUT2D eigenvalue weighted by Crippen LogP contribution is -2.49. The largest absolute Gasteiger partial charge is 0.492 e. The molecule has 1 aromatic carbocycles. The molecule has 0 aliphatic carbocycles. The Morgan fingerprint density at radius 2 is 2.07 bits per heavy atom. The summed E-state index contributed by atoms with van der Waals surface area (Å²) in [5, 5.41) is 2.78. The average Bonchev–Trinajstić information content (AvgIpc) is 2.66. The van der Waals surface area contributed by atoms with Gasteiger partial charge in [-0.05, 0) is 37.6 Å². The molecular formula is C19H22N4O4. The Balaban J connectivity index is 1.83. The highest BCUT2D eigenvalue weighted by atomic mass is 16.5. The van der Waals surface area contributed by atoms with E-state index in [1.54, 1.807) is 30.3 Å². The number of carbonyl (C=O) groups is 2. The Morgan fingerprint density at radius 3 is 2.81 bits per heavy atom. The van der Waals surface area contributed by atoms with Crippen LogP contribution in [0.4, 0.5) is 17.3 Å². The second-order valence-corrected chi connectivity index (χ2v) is 5.97. The van der Waals surface area contributed by atoms with Crippen LogP contribution in [0.5, 0.6) is 11.5 Å². The van der Waals surface area contributed by atoms with Crippen LogP contribution in [0.2, 0.25) is 0 Å². The lowest BCUT2D eigenvalue weighted by molar-refractivity contribution is -0.128. The zero-order chi connectivity index (χ0) is 19.4. The summed E-state index contributed by atoms with van der Waals surface area (Å²) in [5.74, 6) is 0.790. The molecule has 1 aromatic heterocycles. The Labute approximate surface area is 157 Å². The minimum atomic E-state index is -0.661. The van der Waals surface area contributed by atoms with Crippen LogP contribution >= 0.6 is 0 Å². The van der Waals surface area contributed by atoms with Crippen LogP contribution < -0.4 is 25.4 Å². The summed E-state index contributed by atoms with van der Waals surface area (Å²) in [6, 6.07) is 10.4.